The molecule has 25 heavy (non-hydrogen) atoms. The average Bonchev–Trinajstić information content (AvgIpc) is 2.65. The minimum absolute atomic E-state index is 0.151. The van der Waals surface area contributed by atoms with Crippen LogP contribution >= 0.6 is 22.6 Å². The summed E-state index contributed by atoms with van der Waals surface area (Å²) >= 11 is 2.24. The molecular weight excluding hydrogens is 433 g/mol. The normalized spacial score (nSPS) is 13.3. The quantitative estimate of drug-likeness (QED) is 0.417. The van der Waals surface area contributed by atoms with Crippen LogP contribution in [0.25, 0.3) is 0 Å². The summed E-state index contributed by atoms with van der Waals surface area (Å²) in [4.78, 5) is 11.9. The summed E-state index contributed by atoms with van der Waals surface area (Å²) in [5.74, 6) is 1.22. The molecule has 0 radical (unpaired) electrons. The van der Waals surface area contributed by atoms with Crippen molar-refractivity contribution in [1.29, 1.82) is 0 Å². The molecule has 1 aliphatic heterocycles. The molecule has 0 unspecified atom stereocenters. The molecule has 7 heteroatoms. The standard InChI is InChI=1S/C18H18IN3O3/c1-12(13-2-7-16-17(10-13)25-9-8-24-16)21-22-18(23)11-20-15-5-3-14(19)4-6-15/h2-7,10,20H,8-9,11H2,1H3,(H,22,23)/b21-12+. The lowest BCUT2D eigenvalue weighted by Gasteiger charge is -2.18. The molecule has 1 heterocycles. The Kier molecular flexibility index (Phi) is 5.75. The summed E-state index contributed by atoms with van der Waals surface area (Å²) in [6, 6.07) is 13.4. The second-order valence-electron chi connectivity index (χ2n) is 5.45. The second-order valence-corrected chi connectivity index (χ2v) is 6.70. The molecule has 0 fully saturated rings. The van der Waals surface area contributed by atoms with E-state index in [2.05, 4.69) is 38.4 Å². The monoisotopic (exact) mass is 451 g/mol. The zero-order valence-electron chi connectivity index (χ0n) is 13.7. The Morgan fingerprint density at radius 1 is 1.12 bits per heavy atom. The molecule has 3 rings (SSSR count). The lowest BCUT2D eigenvalue weighted by molar-refractivity contribution is -0.119. The van der Waals surface area contributed by atoms with E-state index in [9.17, 15) is 4.79 Å². The minimum atomic E-state index is -0.213. The van der Waals surface area contributed by atoms with Gasteiger partial charge in [0.15, 0.2) is 11.5 Å². The fourth-order valence-electron chi connectivity index (χ4n) is 2.27. The fraction of sp³-hybridized carbons (Fsp3) is 0.222. The molecule has 2 aromatic carbocycles. The summed E-state index contributed by atoms with van der Waals surface area (Å²) in [5, 5.41) is 7.20. The Labute approximate surface area is 159 Å². The maximum atomic E-state index is 11.9. The molecule has 0 spiro atoms. The van der Waals surface area contributed by atoms with Crippen molar-refractivity contribution in [2.45, 2.75) is 6.92 Å². The third kappa shape index (κ3) is 4.85. The van der Waals surface area contributed by atoms with Crippen LogP contribution in [-0.2, 0) is 4.79 Å². The van der Waals surface area contributed by atoms with Gasteiger partial charge in [-0.3, -0.25) is 4.79 Å². The molecule has 1 aliphatic rings. The van der Waals surface area contributed by atoms with Crippen LogP contribution in [0.15, 0.2) is 47.6 Å². The zero-order chi connectivity index (χ0) is 17.6. The van der Waals surface area contributed by atoms with Crippen molar-refractivity contribution in [1.82, 2.24) is 5.43 Å². The maximum Gasteiger partial charge on any atom is 0.259 e. The van der Waals surface area contributed by atoms with E-state index in [0.717, 1.165) is 20.6 Å². The van der Waals surface area contributed by atoms with Gasteiger partial charge in [0.05, 0.1) is 12.3 Å². The van der Waals surface area contributed by atoms with Gasteiger partial charge in [-0.25, -0.2) is 5.43 Å². The van der Waals surface area contributed by atoms with E-state index < -0.39 is 0 Å². The van der Waals surface area contributed by atoms with Crippen molar-refractivity contribution in [3.63, 3.8) is 0 Å². The van der Waals surface area contributed by atoms with Crippen LogP contribution in [0.3, 0.4) is 0 Å². The molecule has 2 N–H and O–H groups in total. The smallest absolute Gasteiger partial charge is 0.259 e. The van der Waals surface area contributed by atoms with Crippen LogP contribution in [-0.4, -0.2) is 31.4 Å². The van der Waals surface area contributed by atoms with Gasteiger partial charge in [0, 0.05) is 14.8 Å². The Bertz CT molecular complexity index is 791. The minimum Gasteiger partial charge on any atom is -0.486 e. The van der Waals surface area contributed by atoms with E-state index in [1.807, 2.05) is 49.4 Å². The molecule has 1 amide bonds. The van der Waals surface area contributed by atoms with Gasteiger partial charge in [0.25, 0.3) is 5.91 Å². The number of fused-ring (bicyclic) bond motifs is 1. The molecular formula is C18H18IN3O3. The number of benzene rings is 2. The van der Waals surface area contributed by atoms with Gasteiger partial charge in [0.2, 0.25) is 0 Å². The number of carbonyl (C=O) groups is 1. The highest BCUT2D eigenvalue weighted by Gasteiger charge is 2.12. The van der Waals surface area contributed by atoms with Crippen LogP contribution in [0, 0.1) is 3.57 Å². The number of hydrazone groups is 1. The average molecular weight is 451 g/mol. The number of hydrogen-bond acceptors (Lipinski definition) is 5. The van der Waals surface area contributed by atoms with E-state index in [1.54, 1.807) is 0 Å². The third-order valence-corrected chi connectivity index (χ3v) is 4.32. The number of rotatable bonds is 5. The van der Waals surface area contributed by atoms with Gasteiger partial charge in [-0.05, 0) is 72.0 Å². The Hall–Kier alpha value is -2.29. The topological polar surface area (TPSA) is 72.0 Å². The summed E-state index contributed by atoms with van der Waals surface area (Å²) in [7, 11) is 0. The summed E-state index contributed by atoms with van der Waals surface area (Å²) < 4.78 is 12.2. The van der Waals surface area contributed by atoms with E-state index in [1.165, 1.54) is 0 Å². The van der Waals surface area contributed by atoms with E-state index in [0.29, 0.717) is 24.7 Å². The summed E-state index contributed by atoms with van der Waals surface area (Å²) in [6.45, 7) is 3.08. The molecule has 0 saturated carbocycles. The predicted octanol–water partition coefficient (Wildman–Crippen LogP) is 3.01. The number of nitrogens with zero attached hydrogens (tertiary/aromatic N) is 1. The molecule has 0 atom stereocenters. The van der Waals surface area contributed by atoms with Crippen molar-refractivity contribution in [3.05, 3.63) is 51.6 Å². The SMILES string of the molecule is C/C(=N\NC(=O)CNc1ccc(I)cc1)c1ccc2c(c1)OCCO2. The Balaban J connectivity index is 1.55. The molecule has 6 nitrogen and oxygen atoms in total. The highest BCUT2D eigenvalue weighted by atomic mass is 127. The van der Waals surface area contributed by atoms with E-state index in [-0.39, 0.29) is 12.5 Å². The molecule has 0 bridgehead atoms. The molecule has 0 aromatic heterocycles. The van der Waals surface area contributed by atoms with Gasteiger partial charge in [-0.1, -0.05) is 0 Å². The highest BCUT2D eigenvalue weighted by Crippen LogP contribution is 2.30. The Morgan fingerprint density at radius 3 is 2.60 bits per heavy atom. The predicted molar refractivity (Wildman–Crippen MR) is 105 cm³/mol. The first kappa shape index (κ1) is 17.5. The molecule has 0 saturated heterocycles. The van der Waals surface area contributed by atoms with Crippen molar-refractivity contribution < 1.29 is 14.3 Å². The van der Waals surface area contributed by atoms with Gasteiger partial charge in [-0.15, -0.1) is 0 Å². The van der Waals surface area contributed by atoms with Crippen molar-refractivity contribution in [2.75, 3.05) is 25.1 Å². The first-order valence-corrected chi connectivity index (χ1v) is 8.92. The van der Waals surface area contributed by atoms with Crippen LogP contribution in [0.1, 0.15) is 12.5 Å². The van der Waals surface area contributed by atoms with Crippen LogP contribution in [0.2, 0.25) is 0 Å². The molecule has 0 aliphatic carbocycles. The molecule has 2 aromatic rings. The second kappa shape index (κ2) is 8.19. The van der Waals surface area contributed by atoms with Gasteiger partial charge in [0.1, 0.15) is 13.2 Å². The number of ether oxygens (including phenoxy) is 2. The van der Waals surface area contributed by atoms with Crippen molar-refractivity contribution >= 4 is 39.9 Å². The number of halogens is 1. The first-order valence-electron chi connectivity index (χ1n) is 7.84. The van der Waals surface area contributed by atoms with Crippen LogP contribution < -0.4 is 20.2 Å². The van der Waals surface area contributed by atoms with Gasteiger partial charge >= 0.3 is 0 Å². The zero-order valence-corrected chi connectivity index (χ0v) is 15.9. The largest absolute Gasteiger partial charge is 0.486 e. The lowest BCUT2D eigenvalue weighted by Crippen LogP contribution is -2.26. The number of nitrogens with one attached hydrogen (secondary N) is 2. The van der Waals surface area contributed by atoms with E-state index >= 15 is 0 Å². The fourth-order valence-corrected chi connectivity index (χ4v) is 2.63. The summed E-state index contributed by atoms with van der Waals surface area (Å²) in [6.07, 6.45) is 0. The number of hydrogen-bond donors (Lipinski definition) is 2. The van der Waals surface area contributed by atoms with Crippen molar-refractivity contribution in [3.8, 4) is 11.5 Å². The number of amides is 1. The number of anilines is 1. The lowest BCUT2D eigenvalue weighted by atomic mass is 10.1. The first-order chi connectivity index (χ1) is 12.1. The maximum absolute atomic E-state index is 11.9. The van der Waals surface area contributed by atoms with Gasteiger partial charge < -0.3 is 14.8 Å². The Morgan fingerprint density at radius 2 is 1.84 bits per heavy atom. The van der Waals surface area contributed by atoms with E-state index in [4.69, 9.17) is 9.47 Å². The number of carbonyl (C=O) groups excluding carboxylic acids is 1. The third-order valence-electron chi connectivity index (χ3n) is 3.61. The highest BCUT2D eigenvalue weighted by molar-refractivity contribution is 14.1. The molecule has 130 valence electrons. The van der Waals surface area contributed by atoms with Gasteiger partial charge in [-0.2, -0.15) is 5.10 Å². The van der Waals surface area contributed by atoms with Crippen LogP contribution in [0.5, 0.6) is 11.5 Å². The van der Waals surface area contributed by atoms with Crippen LogP contribution in [0.4, 0.5) is 5.69 Å². The van der Waals surface area contributed by atoms with Crippen molar-refractivity contribution in [2.24, 2.45) is 5.10 Å². The summed E-state index contributed by atoms with van der Waals surface area (Å²) in [5.41, 5.74) is 5.01.